The highest BCUT2D eigenvalue weighted by Gasteiger charge is 2.30. The lowest BCUT2D eigenvalue weighted by molar-refractivity contribution is -0.149. The van der Waals surface area contributed by atoms with E-state index in [1.807, 2.05) is 0 Å². The highest BCUT2D eigenvalue weighted by atomic mass is 16.4. The second-order valence-corrected chi connectivity index (χ2v) is 3.21. The van der Waals surface area contributed by atoms with Crippen LogP contribution in [0.25, 0.3) is 0 Å². The van der Waals surface area contributed by atoms with E-state index < -0.39 is 42.5 Å². The first-order valence-corrected chi connectivity index (χ1v) is 4.37. The van der Waals surface area contributed by atoms with Crippen molar-refractivity contribution in [1.82, 2.24) is 5.32 Å². The van der Waals surface area contributed by atoms with E-state index in [1.165, 1.54) is 0 Å². The average Bonchev–Trinajstić information content (AvgIpc) is 2.09. The van der Waals surface area contributed by atoms with Crippen LogP contribution in [0.1, 0.15) is 13.3 Å². The van der Waals surface area contributed by atoms with E-state index in [0.29, 0.717) is 0 Å². The SMILES string of the molecule is CC(O)C(NC(CC(=O)O)C(=O)O)C(=O)O. The zero-order valence-electron chi connectivity index (χ0n) is 8.45. The van der Waals surface area contributed by atoms with Crippen LogP contribution < -0.4 is 5.32 Å². The monoisotopic (exact) mass is 235 g/mol. The van der Waals surface area contributed by atoms with Crippen LogP contribution in [0.3, 0.4) is 0 Å². The van der Waals surface area contributed by atoms with Crippen LogP contribution in [-0.4, -0.2) is 56.5 Å². The number of rotatable bonds is 7. The van der Waals surface area contributed by atoms with Crippen molar-refractivity contribution in [2.24, 2.45) is 0 Å². The van der Waals surface area contributed by atoms with Crippen molar-refractivity contribution < 1.29 is 34.8 Å². The molecule has 0 rings (SSSR count). The topological polar surface area (TPSA) is 144 Å². The summed E-state index contributed by atoms with van der Waals surface area (Å²) in [5.74, 6) is -4.32. The molecule has 0 saturated heterocycles. The Morgan fingerprint density at radius 2 is 1.62 bits per heavy atom. The minimum Gasteiger partial charge on any atom is -0.481 e. The number of aliphatic hydroxyl groups is 1. The third-order valence-corrected chi connectivity index (χ3v) is 1.81. The lowest BCUT2D eigenvalue weighted by Crippen LogP contribution is -2.52. The molecular formula is C8H13NO7. The lowest BCUT2D eigenvalue weighted by Gasteiger charge is -2.21. The van der Waals surface area contributed by atoms with Gasteiger partial charge in [0, 0.05) is 0 Å². The molecule has 0 aromatic rings. The van der Waals surface area contributed by atoms with Gasteiger partial charge in [0.25, 0.3) is 0 Å². The third kappa shape index (κ3) is 4.71. The number of hydrogen-bond donors (Lipinski definition) is 5. The number of carbonyl (C=O) groups is 3. The van der Waals surface area contributed by atoms with E-state index in [4.69, 9.17) is 20.4 Å². The van der Waals surface area contributed by atoms with Gasteiger partial charge in [-0.1, -0.05) is 0 Å². The second-order valence-electron chi connectivity index (χ2n) is 3.21. The molecule has 0 amide bonds. The smallest absolute Gasteiger partial charge is 0.323 e. The van der Waals surface area contributed by atoms with Gasteiger partial charge in [-0.2, -0.15) is 0 Å². The van der Waals surface area contributed by atoms with Crippen molar-refractivity contribution in [3.63, 3.8) is 0 Å². The van der Waals surface area contributed by atoms with Crippen LogP contribution in [0, 0.1) is 0 Å². The molecule has 0 heterocycles. The van der Waals surface area contributed by atoms with E-state index in [9.17, 15) is 14.4 Å². The molecule has 0 fully saturated rings. The molecule has 8 heteroatoms. The molecule has 5 N–H and O–H groups in total. The molecule has 92 valence electrons. The van der Waals surface area contributed by atoms with Crippen molar-refractivity contribution in [1.29, 1.82) is 0 Å². The normalized spacial score (nSPS) is 16.1. The molecule has 3 unspecified atom stereocenters. The van der Waals surface area contributed by atoms with E-state index in [-0.39, 0.29) is 0 Å². The Morgan fingerprint density at radius 1 is 1.12 bits per heavy atom. The Labute approximate surface area is 90.5 Å². The summed E-state index contributed by atoms with van der Waals surface area (Å²) in [4.78, 5) is 31.6. The summed E-state index contributed by atoms with van der Waals surface area (Å²) in [6.07, 6.45) is -2.11. The Morgan fingerprint density at radius 3 is 1.88 bits per heavy atom. The molecule has 0 spiro atoms. The van der Waals surface area contributed by atoms with Crippen LogP contribution in [0.5, 0.6) is 0 Å². The van der Waals surface area contributed by atoms with Crippen LogP contribution >= 0.6 is 0 Å². The Kier molecular flexibility index (Phi) is 5.40. The molecule has 8 nitrogen and oxygen atoms in total. The van der Waals surface area contributed by atoms with E-state index in [0.717, 1.165) is 6.92 Å². The predicted molar refractivity (Wildman–Crippen MR) is 49.9 cm³/mol. The maximum absolute atomic E-state index is 10.6. The van der Waals surface area contributed by atoms with Gasteiger partial charge >= 0.3 is 17.9 Å². The summed E-state index contributed by atoms with van der Waals surface area (Å²) >= 11 is 0. The Hall–Kier alpha value is -1.67. The molecule has 0 bridgehead atoms. The van der Waals surface area contributed by atoms with Gasteiger partial charge in [0.05, 0.1) is 12.5 Å². The number of nitrogens with one attached hydrogen (secondary N) is 1. The number of carboxylic acids is 3. The fourth-order valence-corrected chi connectivity index (χ4v) is 1.03. The highest BCUT2D eigenvalue weighted by Crippen LogP contribution is 2.00. The highest BCUT2D eigenvalue weighted by molar-refractivity contribution is 5.82. The molecule has 0 aliphatic carbocycles. The first-order valence-electron chi connectivity index (χ1n) is 4.37. The Balaban J connectivity index is 4.64. The molecular weight excluding hydrogens is 222 g/mol. The van der Waals surface area contributed by atoms with Crippen LogP contribution in [0.2, 0.25) is 0 Å². The quantitative estimate of drug-likeness (QED) is 0.352. The largest absolute Gasteiger partial charge is 0.481 e. The van der Waals surface area contributed by atoms with Crippen molar-refractivity contribution in [2.75, 3.05) is 0 Å². The molecule has 3 atom stereocenters. The molecule has 0 aromatic carbocycles. The van der Waals surface area contributed by atoms with Gasteiger partial charge in [0.2, 0.25) is 0 Å². The maximum Gasteiger partial charge on any atom is 0.323 e. The predicted octanol–water partition coefficient (Wildman–Crippen LogP) is -1.66. The van der Waals surface area contributed by atoms with Crippen LogP contribution in [-0.2, 0) is 14.4 Å². The van der Waals surface area contributed by atoms with Crippen LogP contribution in [0.15, 0.2) is 0 Å². The summed E-state index contributed by atoms with van der Waals surface area (Å²) in [6.45, 7) is 1.16. The standard InChI is InChI=1S/C8H13NO7/c1-3(10)6(8(15)16)9-4(7(13)14)2-5(11)12/h3-4,6,9-10H,2H2,1H3,(H,11,12)(H,13,14)(H,15,16). The van der Waals surface area contributed by atoms with E-state index in [1.54, 1.807) is 0 Å². The van der Waals surface area contributed by atoms with Gasteiger partial charge in [-0.05, 0) is 6.92 Å². The summed E-state index contributed by atoms with van der Waals surface area (Å²) < 4.78 is 0. The first-order chi connectivity index (χ1) is 7.25. The van der Waals surface area contributed by atoms with Crippen molar-refractivity contribution >= 4 is 17.9 Å². The molecule has 0 aromatic heterocycles. The lowest BCUT2D eigenvalue weighted by atomic mass is 10.1. The van der Waals surface area contributed by atoms with E-state index >= 15 is 0 Å². The van der Waals surface area contributed by atoms with Crippen LogP contribution in [0.4, 0.5) is 0 Å². The summed E-state index contributed by atoms with van der Waals surface area (Å²) in [6, 6.07) is -3.09. The van der Waals surface area contributed by atoms with Crippen molar-refractivity contribution in [3.8, 4) is 0 Å². The van der Waals surface area contributed by atoms with Crippen molar-refractivity contribution in [3.05, 3.63) is 0 Å². The summed E-state index contributed by atoms with van der Waals surface area (Å²) in [5, 5.41) is 36.8. The average molecular weight is 235 g/mol. The third-order valence-electron chi connectivity index (χ3n) is 1.81. The fraction of sp³-hybridized carbons (Fsp3) is 0.625. The van der Waals surface area contributed by atoms with Crippen molar-refractivity contribution in [2.45, 2.75) is 31.5 Å². The molecule has 16 heavy (non-hydrogen) atoms. The van der Waals surface area contributed by atoms with Gasteiger partial charge < -0.3 is 20.4 Å². The van der Waals surface area contributed by atoms with Gasteiger partial charge in [-0.15, -0.1) is 0 Å². The number of carboxylic acid groups (broad SMARTS) is 3. The van der Waals surface area contributed by atoms with E-state index in [2.05, 4.69) is 5.32 Å². The maximum atomic E-state index is 10.6. The summed E-state index contributed by atoms with van der Waals surface area (Å²) in [7, 11) is 0. The zero-order valence-corrected chi connectivity index (χ0v) is 8.45. The zero-order chi connectivity index (χ0) is 12.9. The second kappa shape index (κ2) is 6.03. The first kappa shape index (κ1) is 14.3. The number of hydrogen-bond acceptors (Lipinski definition) is 5. The van der Waals surface area contributed by atoms with Gasteiger partial charge in [-0.25, -0.2) is 0 Å². The van der Waals surface area contributed by atoms with Gasteiger partial charge in [-0.3, -0.25) is 19.7 Å². The minimum atomic E-state index is -1.56. The van der Waals surface area contributed by atoms with Gasteiger partial charge in [0.1, 0.15) is 12.1 Å². The molecule has 0 saturated carbocycles. The number of aliphatic hydroxyl groups excluding tert-OH is 1. The summed E-state index contributed by atoms with van der Waals surface area (Å²) in [5.41, 5.74) is 0. The Bertz CT molecular complexity index is 288. The number of aliphatic carboxylic acids is 3. The molecule has 0 aliphatic rings. The van der Waals surface area contributed by atoms with Gasteiger partial charge in [0.15, 0.2) is 0 Å². The molecule has 0 aliphatic heterocycles. The minimum absolute atomic E-state index is 0.772. The molecule has 0 radical (unpaired) electrons. The fourth-order valence-electron chi connectivity index (χ4n) is 1.03.